The van der Waals surface area contributed by atoms with Crippen LogP contribution in [0.5, 0.6) is 11.5 Å². The van der Waals surface area contributed by atoms with Crippen LogP contribution in [0.1, 0.15) is 49.9 Å². The van der Waals surface area contributed by atoms with Crippen molar-refractivity contribution in [3.8, 4) is 11.5 Å². The molecule has 0 radical (unpaired) electrons. The lowest BCUT2D eigenvalue weighted by molar-refractivity contribution is -0.149. The molecule has 0 atom stereocenters. The number of aromatic nitrogens is 2. The molecule has 5 rings (SSSR count). The Morgan fingerprint density at radius 1 is 1.09 bits per heavy atom. The zero-order valence-electron chi connectivity index (χ0n) is 18.5. The summed E-state index contributed by atoms with van der Waals surface area (Å²) >= 11 is 6.27. The first kappa shape index (κ1) is 21.8. The second-order valence-electron chi connectivity index (χ2n) is 8.43. The Bertz CT molecular complexity index is 1180. The van der Waals surface area contributed by atoms with Gasteiger partial charge in [0, 0.05) is 22.9 Å². The van der Waals surface area contributed by atoms with E-state index >= 15 is 0 Å². The second-order valence-corrected chi connectivity index (χ2v) is 8.87. The predicted molar refractivity (Wildman–Crippen MR) is 126 cm³/mol. The first-order valence-corrected chi connectivity index (χ1v) is 11.7. The number of rotatable bonds is 6. The van der Waals surface area contributed by atoms with Crippen molar-refractivity contribution < 1.29 is 19.0 Å². The van der Waals surface area contributed by atoms with Gasteiger partial charge in [-0.3, -0.25) is 4.79 Å². The zero-order chi connectivity index (χ0) is 22.8. The third kappa shape index (κ3) is 4.69. The van der Waals surface area contributed by atoms with Crippen LogP contribution >= 0.6 is 11.6 Å². The van der Waals surface area contributed by atoms with Crippen molar-refractivity contribution in [3.63, 3.8) is 0 Å². The van der Waals surface area contributed by atoms with Crippen LogP contribution in [0.15, 0.2) is 36.4 Å². The van der Waals surface area contributed by atoms with Gasteiger partial charge in [-0.05, 0) is 68.5 Å². The van der Waals surface area contributed by atoms with Gasteiger partial charge < -0.3 is 19.5 Å². The lowest BCUT2D eigenvalue weighted by Gasteiger charge is -2.26. The van der Waals surface area contributed by atoms with Gasteiger partial charge in [-0.25, -0.2) is 9.97 Å². The summed E-state index contributed by atoms with van der Waals surface area (Å²) in [4.78, 5) is 21.9. The van der Waals surface area contributed by atoms with Crippen molar-refractivity contribution >= 4 is 34.3 Å². The van der Waals surface area contributed by atoms with E-state index in [0.29, 0.717) is 18.2 Å². The molecule has 8 heteroatoms. The number of carbonyl (C=O) groups excluding carboxylic acids is 1. The summed E-state index contributed by atoms with van der Waals surface area (Å²) in [6, 6.07) is 11.6. The molecule has 1 N–H and O–H groups in total. The maximum atomic E-state index is 12.1. The van der Waals surface area contributed by atoms with Gasteiger partial charge >= 0.3 is 5.97 Å². The van der Waals surface area contributed by atoms with E-state index in [1.165, 1.54) is 0 Å². The van der Waals surface area contributed by atoms with Crippen LogP contribution in [0.25, 0.3) is 10.9 Å². The second kappa shape index (κ2) is 9.43. The minimum atomic E-state index is -0.0869. The van der Waals surface area contributed by atoms with Gasteiger partial charge in [0.05, 0.1) is 18.0 Å². The molecule has 0 spiro atoms. The van der Waals surface area contributed by atoms with Crippen molar-refractivity contribution in [1.82, 2.24) is 9.97 Å². The molecule has 7 nitrogen and oxygen atoms in total. The average Bonchev–Trinajstić information content (AvgIpc) is 3.31. The molecular weight excluding hydrogens is 442 g/mol. The highest BCUT2D eigenvalue weighted by molar-refractivity contribution is 6.31. The summed E-state index contributed by atoms with van der Waals surface area (Å²) < 4.78 is 16.1. The fraction of sp³-hybridized carbons (Fsp3) is 0.400. The number of esters is 1. The molecule has 172 valence electrons. The van der Waals surface area contributed by atoms with Gasteiger partial charge in [-0.2, -0.15) is 0 Å². The van der Waals surface area contributed by atoms with E-state index in [4.69, 9.17) is 35.8 Å². The molecule has 0 bridgehead atoms. The molecule has 2 heterocycles. The summed E-state index contributed by atoms with van der Waals surface area (Å²) in [6.45, 7) is 3.09. The Kier molecular flexibility index (Phi) is 6.22. The Labute approximate surface area is 197 Å². The van der Waals surface area contributed by atoms with E-state index in [1.807, 2.05) is 43.3 Å². The summed E-state index contributed by atoms with van der Waals surface area (Å²) in [5.74, 6) is 3.17. The fourth-order valence-corrected chi connectivity index (χ4v) is 4.69. The molecule has 1 aliphatic carbocycles. The molecular formula is C25H26ClN3O4. The summed E-state index contributed by atoms with van der Waals surface area (Å²) in [7, 11) is 0. The first-order chi connectivity index (χ1) is 16.1. The average molecular weight is 468 g/mol. The third-order valence-corrected chi connectivity index (χ3v) is 6.52. The van der Waals surface area contributed by atoms with E-state index in [2.05, 4.69) is 5.32 Å². The Morgan fingerprint density at radius 3 is 2.73 bits per heavy atom. The summed E-state index contributed by atoms with van der Waals surface area (Å²) in [5.41, 5.74) is 1.91. The molecule has 0 amide bonds. The Morgan fingerprint density at radius 2 is 1.91 bits per heavy atom. The molecule has 0 saturated heterocycles. The number of hydrogen-bond acceptors (Lipinski definition) is 7. The largest absolute Gasteiger partial charge is 0.466 e. The van der Waals surface area contributed by atoms with Gasteiger partial charge in [0.2, 0.25) is 6.79 Å². The topological polar surface area (TPSA) is 82.6 Å². The molecule has 3 aromatic rings. The SMILES string of the molecule is CCOC(=O)[C@H]1CC[C@@H](c2nc(NCc3ccc4c(c3)OCO4)c3cc(Cl)ccc3n2)CC1. The number of nitrogens with zero attached hydrogens (tertiary/aromatic N) is 2. The van der Waals surface area contributed by atoms with Crippen molar-refractivity contribution in [2.45, 2.75) is 45.1 Å². The molecule has 1 aliphatic heterocycles. The minimum Gasteiger partial charge on any atom is -0.466 e. The molecule has 1 saturated carbocycles. The van der Waals surface area contributed by atoms with Gasteiger partial charge in [-0.15, -0.1) is 0 Å². The number of nitrogens with one attached hydrogen (secondary N) is 1. The maximum Gasteiger partial charge on any atom is 0.308 e. The number of fused-ring (bicyclic) bond motifs is 2. The molecule has 33 heavy (non-hydrogen) atoms. The van der Waals surface area contributed by atoms with E-state index in [0.717, 1.165) is 65.3 Å². The standard InChI is InChI=1S/C25H26ClN3O4/c1-2-31-25(30)17-6-4-16(5-7-17)23-28-20-9-8-18(26)12-19(20)24(29-23)27-13-15-3-10-21-22(11-15)33-14-32-21/h3,8-12,16-17H,2,4-7,13-14H2,1H3,(H,27,28,29)/t16-,17+. The van der Waals surface area contributed by atoms with Crippen molar-refractivity contribution in [2.75, 3.05) is 18.7 Å². The molecule has 1 aromatic heterocycles. The normalized spacial score (nSPS) is 19.5. The van der Waals surface area contributed by atoms with Crippen molar-refractivity contribution in [3.05, 3.63) is 52.8 Å². The summed E-state index contributed by atoms with van der Waals surface area (Å²) in [5, 5.41) is 4.99. The highest BCUT2D eigenvalue weighted by atomic mass is 35.5. The van der Waals surface area contributed by atoms with Crippen LogP contribution in [0.4, 0.5) is 5.82 Å². The van der Waals surface area contributed by atoms with Crippen LogP contribution in [-0.4, -0.2) is 29.3 Å². The van der Waals surface area contributed by atoms with E-state index in [-0.39, 0.29) is 24.6 Å². The number of ether oxygens (including phenoxy) is 3. The van der Waals surface area contributed by atoms with Crippen LogP contribution in [-0.2, 0) is 16.1 Å². The number of carbonyl (C=O) groups is 1. The van der Waals surface area contributed by atoms with Gasteiger partial charge in [0.15, 0.2) is 11.5 Å². The molecule has 0 unspecified atom stereocenters. The lowest BCUT2D eigenvalue weighted by atomic mass is 9.81. The fourth-order valence-electron chi connectivity index (χ4n) is 4.52. The van der Waals surface area contributed by atoms with Crippen LogP contribution in [0.3, 0.4) is 0 Å². The lowest BCUT2D eigenvalue weighted by Crippen LogP contribution is -2.24. The molecule has 1 fully saturated rings. The quantitative estimate of drug-likeness (QED) is 0.482. The number of halogens is 1. The van der Waals surface area contributed by atoms with Crippen LogP contribution in [0, 0.1) is 5.92 Å². The number of anilines is 1. The van der Waals surface area contributed by atoms with E-state index in [1.54, 1.807) is 0 Å². The van der Waals surface area contributed by atoms with Gasteiger partial charge in [0.1, 0.15) is 11.6 Å². The van der Waals surface area contributed by atoms with Gasteiger partial charge in [-0.1, -0.05) is 17.7 Å². The maximum absolute atomic E-state index is 12.1. The highest BCUT2D eigenvalue weighted by Crippen LogP contribution is 2.37. The van der Waals surface area contributed by atoms with Crippen molar-refractivity contribution in [1.29, 1.82) is 0 Å². The molecule has 2 aromatic carbocycles. The number of hydrogen-bond donors (Lipinski definition) is 1. The number of benzene rings is 2. The van der Waals surface area contributed by atoms with E-state index < -0.39 is 0 Å². The highest BCUT2D eigenvalue weighted by Gasteiger charge is 2.29. The van der Waals surface area contributed by atoms with E-state index in [9.17, 15) is 4.79 Å². The predicted octanol–water partition coefficient (Wildman–Crippen LogP) is 5.46. The Hall–Kier alpha value is -3.06. The minimum absolute atomic E-state index is 0.0240. The van der Waals surface area contributed by atoms with Gasteiger partial charge in [0.25, 0.3) is 0 Å². The first-order valence-electron chi connectivity index (χ1n) is 11.4. The Balaban J connectivity index is 1.37. The zero-order valence-corrected chi connectivity index (χ0v) is 19.2. The third-order valence-electron chi connectivity index (χ3n) is 6.28. The summed E-state index contributed by atoms with van der Waals surface area (Å²) in [6.07, 6.45) is 3.32. The smallest absolute Gasteiger partial charge is 0.308 e. The van der Waals surface area contributed by atoms with Crippen LogP contribution < -0.4 is 14.8 Å². The molecule has 2 aliphatic rings. The van der Waals surface area contributed by atoms with Crippen molar-refractivity contribution in [2.24, 2.45) is 5.92 Å². The van der Waals surface area contributed by atoms with Crippen LogP contribution in [0.2, 0.25) is 5.02 Å². The monoisotopic (exact) mass is 467 g/mol.